The molecule has 1 aromatic heterocycles. The minimum Gasteiger partial charge on any atom is -0.375 e. The van der Waals surface area contributed by atoms with E-state index in [-0.39, 0.29) is 18.1 Å². The minimum atomic E-state index is 0.0152. The van der Waals surface area contributed by atoms with E-state index in [0.717, 1.165) is 4.47 Å². The van der Waals surface area contributed by atoms with Crippen molar-refractivity contribution in [1.82, 2.24) is 9.88 Å². The lowest BCUT2D eigenvalue weighted by Gasteiger charge is -2.36. The first-order valence-electron chi connectivity index (χ1n) is 5.61. The number of morpholine rings is 1. The molecule has 0 bridgehead atoms. The van der Waals surface area contributed by atoms with Gasteiger partial charge in [-0.05, 0) is 35.8 Å². The van der Waals surface area contributed by atoms with Crippen molar-refractivity contribution in [3.05, 3.63) is 28.5 Å². The first-order valence-corrected chi connectivity index (χ1v) is 6.40. The fraction of sp³-hybridized carbons (Fsp3) is 0.500. The van der Waals surface area contributed by atoms with Crippen molar-refractivity contribution in [2.24, 2.45) is 0 Å². The SMILES string of the molecule is C[C@@H]1CN(C(=O)c2cncc(Br)c2)[C@@H](C)CO1. The molecule has 5 heteroatoms. The number of ether oxygens (including phenoxy) is 1. The largest absolute Gasteiger partial charge is 0.375 e. The van der Waals surface area contributed by atoms with Crippen LogP contribution >= 0.6 is 15.9 Å². The second kappa shape index (κ2) is 5.14. The molecule has 0 aromatic carbocycles. The predicted octanol–water partition coefficient (Wildman–Crippen LogP) is 2.09. The Balaban J connectivity index is 2.18. The standard InChI is InChI=1S/C12H15BrN2O2/c1-8-7-17-9(2)6-15(8)12(16)10-3-11(13)5-14-4-10/h3-5,8-9H,6-7H2,1-2H3/t8-,9+/m0/s1. The molecule has 0 unspecified atom stereocenters. The van der Waals surface area contributed by atoms with Gasteiger partial charge in [0.25, 0.3) is 5.91 Å². The fourth-order valence-corrected chi connectivity index (χ4v) is 2.25. The molecular weight excluding hydrogens is 284 g/mol. The van der Waals surface area contributed by atoms with Crippen molar-refractivity contribution in [1.29, 1.82) is 0 Å². The molecule has 17 heavy (non-hydrogen) atoms. The quantitative estimate of drug-likeness (QED) is 0.797. The van der Waals surface area contributed by atoms with Gasteiger partial charge in [0, 0.05) is 23.4 Å². The number of amides is 1. The lowest BCUT2D eigenvalue weighted by Crippen LogP contribution is -2.50. The van der Waals surface area contributed by atoms with Crippen molar-refractivity contribution in [3.63, 3.8) is 0 Å². The molecule has 2 atom stereocenters. The maximum absolute atomic E-state index is 12.3. The molecule has 92 valence electrons. The summed E-state index contributed by atoms with van der Waals surface area (Å²) in [5.41, 5.74) is 0.611. The van der Waals surface area contributed by atoms with Gasteiger partial charge in [-0.2, -0.15) is 0 Å². The topological polar surface area (TPSA) is 42.4 Å². The van der Waals surface area contributed by atoms with Crippen molar-refractivity contribution < 1.29 is 9.53 Å². The van der Waals surface area contributed by atoms with Gasteiger partial charge in [0.1, 0.15) is 0 Å². The Morgan fingerprint density at radius 1 is 1.53 bits per heavy atom. The summed E-state index contributed by atoms with van der Waals surface area (Å²) in [6, 6.07) is 1.90. The Kier molecular flexibility index (Phi) is 3.79. The third kappa shape index (κ3) is 2.84. The summed E-state index contributed by atoms with van der Waals surface area (Å²) in [7, 11) is 0. The van der Waals surface area contributed by atoms with Crippen molar-refractivity contribution in [2.75, 3.05) is 13.2 Å². The summed E-state index contributed by atoms with van der Waals surface area (Å²) in [6.45, 7) is 5.20. The van der Waals surface area contributed by atoms with Gasteiger partial charge in [-0.25, -0.2) is 0 Å². The Labute approximate surface area is 109 Å². The van der Waals surface area contributed by atoms with Gasteiger partial charge in [0.05, 0.1) is 24.3 Å². The molecular formula is C12H15BrN2O2. The van der Waals surface area contributed by atoms with Crippen molar-refractivity contribution in [3.8, 4) is 0 Å². The third-order valence-corrected chi connectivity index (χ3v) is 3.25. The highest BCUT2D eigenvalue weighted by Gasteiger charge is 2.28. The van der Waals surface area contributed by atoms with Crippen LogP contribution in [0.2, 0.25) is 0 Å². The second-order valence-electron chi connectivity index (χ2n) is 4.34. The second-order valence-corrected chi connectivity index (χ2v) is 5.26. The Hall–Kier alpha value is -0.940. The number of carbonyl (C=O) groups is 1. The molecule has 1 saturated heterocycles. The van der Waals surface area contributed by atoms with Gasteiger partial charge in [-0.15, -0.1) is 0 Å². The molecule has 1 aliphatic heterocycles. The number of carbonyl (C=O) groups excluding carboxylic acids is 1. The summed E-state index contributed by atoms with van der Waals surface area (Å²) in [4.78, 5) is 18.2. The molecule has 0 spiro atoms. The number of hydrogen-bond acceptors (Lipinski definition) is 3. The van der Waals surface area contributed by atoms with Gasteiger partial charge in [0.2, 0.25) is 0 Å². The Morgan fingerprint density at radius 2 is 2.29 bits per heavy atom. The van der Waals surface area contributed by atoms with E-state index in [4.69, 9.17) is 4.74 Å². The minimum absolute atomic E-state index is 0.0152. The monoisotopic (exact) mass is 298 g/mol. The molecule has 2 rings (SSSR count). The lowest BCUT2D eigenvalue weighted by atomic mass is 10.1. The van der Waals surface area contributed by atoms with E-state index in [1.54, 1.807) is 18.5 Å². The first-order chi connectivity index (χ1) is 8.08. The van der Waals surface area contributed by atoms with E-state index >= 15 is 0 Å². The molecule has 0 aliphatic carbocycles. The van der Waals surface area contributed by atoms with Crippen LogP contribution in [0.5, 0.6) is 0 Å². The number of halogens is 1. The fourth-order valence-electron chi connectivity index (χ4n) is 1.88. The normalized spacial score (nSPS) is 24.8. The van der Waals surface area contributed by atoms with Gasteiger partial charge < -0.3 is 9.64 Å². The van der Waals surface area contributed by atoms with Crippen LogP contribution in [0.15, 0.2) is 22.9 Å². The van der Waals surface area contributed by atoms with Crippen LogP contribution in [0.25, 0.3) is 0 Å². The number of hydrogen-bond donors (Lipinski definition) is 0. The highest BCUT2D eigenvalue weighted by Crippen LogP contribution is 2.17. The lowest BCUT2D eigenvalue weighted by molar-refractivity contribution is -0.0387. The zero-order valence-corrected chi connectivity index (χ0v) is 11.5. The highest BCUT2D eigenvalue weighted by atomic mass is 79.9. The van der Waals surface area contributed by atoms with E-state index in [9.17, 15) is 4.79 Å². The third-order valence-electron chi connectivity index (χ3n) is 2.82. The summed E-state index contributed by atoms with van der Waals surface area (Å²) in [6.07, 6.45) is 3.36. The van der Waals surface area contributed by atoms with Crippen LogP contribution in [0.1, 0.15) is 24.2 Å². The van der Waals surface area contributed by atoms with E-state index < -0.39 is 0 Å². The van der Waals surface area contributed by atoms with Crippen LogP contribution in [0, 0.1) is 0 Å². The zero-order chi connectivity index (χ0) is 12.4. The number of nitrogens with zero attached hydrogens (tertiary/aromatic N) is 2. The zero-order valence-electron chi connectivity index (χ0n) is 9.89. The molecule has 1 amide bonds. The first kappa shape index (κ1) is 12.5. The van der Waals surface area contributed by atoms with Crippen molar-refractivity contribution in [2.45, 2.75) is 26.0 Å². The average molecular weight is 299 g/mol. The molecule has 1 aromatic rings. The molecule has 1 fully saturated rings. The van der Waals surface area contributed by atoms with Gasteiger partial charge in [-0.3, -0.25) is 9.78 Å². The van der Waals surface area contributed by atoms with Crippen molar-refractivity contribution >= 4 is 21.8 Å². The Morgan fingerprint density at radius 3 is 3.00 bits per heavy atom. The van der Waals surface area contributed by atoms with Crippen LogP contribution in [-0.4, -0.2) is 41.1 Å². The van der Waals surface area contributed by atoms with E-state index in [0.29, 0.717) is 18.7 Å². The summed E-state index contributed by atoms with van der Waals surface area (Å²) >= 11 is 3.32. The summed E-state index contributed by atoms with van der Waals surface area (Å²) in [5.74, 6) is 0.0152. The van der Waals surface area contributed by atoms with Crippen LogP contribution in [0.4, 0.5) is 0 Å². The maximum atomic E-state index is 12.3. The smallest absolute Gasteiger partial charge is 0.255 e. The van der Waals surface area contributed by atoms with E-state index in [2.05, 4.69) is 20.9 Å². The molecule has 0 N–H and O–H groups in total. The predicted molar refractivity (Wildman–Crippen MR) is 67.8 cm³/mol. The summed E-state index contributed by atoms with van der Waals surface area (Å²) in [5, 5.41) is 0. The molecule has 0 radical (unpaired) electrons. The van der Waals surface area contributed by atoms with Gasteiger partial charge >= 0.3 is 0 Å². The van der Waals surface area contributed by atoms with Crippen LogP contribution in [0.3, 0.4) is 0 Å². The van der Waals surface area contributed by atoms with E-state index in [1.165, 1.54) is 0 Å². The Bertz CT molecular complexity index is 425. The molecule has 4 nitrogen and oxygen atoms in total. The average Bonchev–Trinajstić information content (AvgIpc) is 2.31. The van der Waals surface area contributed by atoms with E-state index in [1.807, 2.05) is 18.7 Å². The number of rotatable bonds is 1. The maximum Gasteiger partial charge on any atom is 0.255 e. The molecule has 0 saturated carbocycles. The van der Waals surface area contributed by atoms with Gasteiger partial charge in [0.15, 0.2) is 0 Å². The number of pyridine rings is 1. The van der Waals surface area contributed by atoms with Crippen LogP contribution < -0.4 is 0 Å². The number of aromatic nitrogens is 1. The van der Waals surface area contributed by atoms with Gasteiger partial charge in [-0.1, -0.05) is 0 Å². The highest BCUT2D eigenvalue weighted by molar-refractivity contribution is 9.10. The molecule has 1 aliphatic rings. The van der Waals surface area contributed by atoms with Crippen LogP contribution in [-0.2, 0) is 4.74 Å². The molecule has 2 heterocycles. The summed E-state index contributed by atoms with van der Waals surface area (Å²) < 4.78 is 6.33.